The molecule has 3 rings (SSSR count). The van der Waals surface area contributed by atoms with Crippen LogP contribution in [0.1, 0.15) is 11.6 Å². The monoisotopic (exact) mass is 480 g/mol. The fourth-order valence-corrected chi connectivity index (χ4v) is 9.88. The van der Waals surface area contributed by atoms with E-state index in [9.17, 15) is 21.2 Å². The smallest absolute Gasteiger partial charge is 0.193 e. The summed E-state index contributed by atoms with van der Waals surface area (Å²) in [7, 11) is -3.65. The van der Waals surface area contributed by atoms with Crippen molar-refractivity contribution < 1.29 is 21.2 Å². The van der Waals surface area contributed by atoms with E-state index in [1.54, 1.807) is 12.1 Å². The Bertz CT molecular complexity index is 1070. The first kappa shape index (κ1) is 22.6. The van der Waals surface area contributed by atoms with Gasteiger partial charge in [0.25, 0.3) is 0 Å². The van der Waals surface area contributed by atoms with E-state index in [4.69, 9.17) is 11.6 Å². The Morgan fingerprint density at radius 3 is 2.41 bits per heavy atom. The second-order valence-corrected chi connectivity index (χ2v) is 13.5. The molecule has 6 nitrogen and oxygen atoms in total. The third-order valence-corrected chi connectivity index (χ3v) is 10.9. The highest BCUT2D eigenvalue weighted by Crippen LogP contribution is 2.32. The third kappa shape index (κ3) is 5.18. The van der Waals surface area contributed by atoms with Crippen molar-refractivity contribution in [2.24, 2.45) is 0 Å². The lowest BCUT2D eigenvalue weighted by Gasteiger charge is -2.28. The molecule has 0 spiro atoms. The van der Waals surface area contributed by atoms with E-state index >= 15 is 0 Å². The predicted octanol–water partition coefficient (Wildman–Crippen LogP) is 2.37. The summed E-state index contributed by atoms with van der Waals surface area (Å²) < 4.78 is 64.2. The first-order valence-corrected chi connectivity index (χ1v) is 13.4. The standard InChI is InChI=1S/C18H22ClFN2O4S3/c1-22(2)15(12-3-5-13(20)6-4-12)9-21-14-10-28(23,24)11-16(14)29(25,26)18-8-7-17(19)27-18/h3-8,14-16,21H,9-11H2,1-2H3/t14-,15?,16-/m0/s1. The van der Waals surface area contributed by atoms with E-state index in [1.807, 2.05) is 19.0 Å². The molecule has 1 saturated heterocycles. The highest BCUT2D eigenvalue weighted by molar-refractivity contribution is 7.97. The van der Waals surface area contributed by atoms with Crippen LogP contribution in [0.5, 0.6) is 0 Å². The van der Waals surface area contributed by atoms with Gasteiger partial charge in [-0.2, -0.15) is 0 Å². The van der Waals surface area contributed by atoms with Gasteiger partial charge in [0.1, 0.15) is 10.0 Å². The summed E-state index contributed by atoms with van der Waals surface area (Å²) in [6.45, 7) is 0.316. The Labute approximate surface area is 179 Å². The lowest BCUT2D eigenvalue weighted by molar-refractivity contribution is 0.281. The van der Waals surface area contributed by atoms with Gasteiger partial charge in [0.05, 0.1) is 21.1 Å². The maximum absolute atomic E-state index is 13.2. The van der Waals surface area contributed by atoms with Crippen LogP contribution >= 0.6 is 22.9 Å². The van der Waals surface area contributed by atoms with Gasteiger partial charge in [0, 0.05) is 18.6 Å². The van der Waals surface area contributed by atoms with Crippen LogP contribution in [0.4, 0.5) is 4.39 Å². The first-order valence-electron chi connectivity index (χ1n) is 8.84. The number of nitrogens with zero attached hydrogens (tertiary/aromatic N) is 1. The Morgan fingerprint density at radius 1 is 1.21 bits per heavy atom. The van der Waals surface area contributed by atoms with E-state index in [-0.39, 0.29) is 21.8 Å². The van der Waals surface area contributed by atoms with Gasteiger partial charge in [-0.25, -0.2) is 21.2 Å². The molecule has 11 heteroatoms. The number of benzene rings is 1. The largest absolute Gasteiger partial charge is 0.310 e. The quantitative estimate of drug-likeness (QED) is 0.655. The van der Waals surface area contributed by atoms with E-state index in [0.717, 1.165) is 16.9 Å². The zero-order valence-corrected chi connectivity index (χ0v) is 19.1. The number of halogens is 2. The van der Waals surface area contributed by atoms with Crippen LogP contribution in [0, 0.1) is 5.82 Å². The molecule has 1 aromatic carbocycles. The van der Waals surface area contributed by atoms with Crippen LogP contribution in [0.25, 0.3) is 0 Å². The van der Waals surface area contributed by atoms with Gasteiger partial charge in [-0.3, -0.25) is 0 Å². The number of thiophene rings is 1. The topological polar surface area (TPSA) is 83.6 Å². The molecule has 0 aliphatic carbocycles. The van der Waals surface area contributed by atoms with Gasteiger partial charge in [-0.05, 0) is 43.9 Å². The molecule has 1 aliphatic rings. The van der Waals surface area contributed by atoms with Crippen molar-refractivity contribution in [3.63, 3.8) is 0 Å². The van der Waals surface area contributed by atoms with Gasteiger partial charge >= 0.3 is 0 Å². The summed E-state index contributed by atoms with van der Waals surface area (Å²) >= 11 is 6.79. The highest BCUT2D eigenvalue weighted by Gasteiger charge is 2.46. The molecule has 0 radical (unpaired) electrons. The lowest BCUT2D eigenvalue weighted by atomic mass is 10.1. The molecule has 1 aromatic heterocycles. The molecule has 1 fully saturated rings. The van der Waals surface area contributed by atoms with E-state index in [2.05, 4.69) is 5.32 Å². The molecule has 1 N–H and O–H groups in total. The molecule has 1 unspecified atom stereocenters. The lowest BCUT2D eigenvalue weighted by Crippen LogP contribution is -2.46. The Kier molecular flexibility index (Phi) is 6.72. The van der Waals surface area contributed by atoms with Crippen molar-refractivity contribution in [1.82, 2.24) is 10.2 Å². The van der Waals surface area contributed by atoms with Gasteiger partial charge in [-0.15, -0.1) is 11.3 Å². The van der Waals surface area contributed by atoms with Crippen molar-refractivity contribution in [3.05, 3.63) is 52.1 Å². The van der Waals surface area contributed by atoms with Crippen LogP contribution in [-0.4, -0.2) is 65.2 Å². The minimum Gasteiger partial charge on any atom is -0.310 e. The Balaban J connectivity index is 1.82. The van der Waals surface area contributed by atoms with Crippen LogP contribution in [0.15, 0.2) is 40.6 Å². The fourth-order valence-electron chi connectivity index (χ4n) is 3.46. The molecular formula is C18H22ClFN2O4S3. The van der Waals surface area contributed by atoms with Crippen molar-refractivity contribution in [2.75, 3.05) is 32.1 Å². The SMILES string of the molecule is CN(C)C(CN[C@H]1CS(=O)(=O)C[C@@H]1S(=O)(=O)c1ccc(Cl)s1)c1ccc(F)cc1. The van der Waals surface area contributed by atoms with Gasteiger partial charge < -0.3 is 10.2 Å². The molecule has 2 heterocycles. The minimum atomic E-state index is -3.85. The molecule has 3 atom stereocenters. The second-order valence-electron chi connectivity index (χ2n) is 7.26. The zero-order valence-electron chi connectivity index (χ0n) is 15.9. The van der Waals surface area contributed by atoms with Crippen molar-refractivity contribution in [3.8, 4) is 0 Å². The average molecular weight is 481 g/mol. The summed E-state index contributed by atoms with van der Waals surface area (Å²) in [4.78, 5) is 1.91. The summed E-state index contributed by atoms with van der Waals surface area (Å²) in [5, 5.41) is 2.06. The number of rotatable bonds is 7. The van der Waals surface area contributed by atoms with E-state index in [0.29, 0.717) is 10.9 Å². The summed E-state index contributed by atoms with van der Waals surface area (Å²) in [6.07, 6.45) is 0. The number of hydrogen-bond acceptors (Lipinski definition) is 7. The van der Waals surface area contributed by atoms with Crippen molar-refractivity contribution in [2.45, 2.75) is 21.5 Å². The number of sulfone groups is 2. The molecule has 0 saturated carbocycles. The summed E-state index contributed by atoms with van der Waals surface area (Å²) in [5.41, 5.74) is 0.842. The molecule has 160 valence electrons. The van der Waals surface area contributed by atoms with E-state index in [1.165, 1.54) is 24.3 Å². The predicted molar refractivity (Wildman–Crippen MR) is 114 cm³/mol. The van der Waals surface area contributed by atoms with Gasteiger partial charge in [0.15, 0.2) is 19.7 Å². The average Bonchev–Trinajstić information content (AvgIpc) is 3.20. The third-order valence-electron chi connectivity index (χ3n) is 4.98. The molecular weight excluding hydrogens is 459 g/mol. The molecule has 0 bridgehead atoms. The zero-order chi connectivity index (χ0) is 21.4. The Hall–Kier alpha value is -1.04. The molecule has 1 aliphatic heterocycles. The fraction of sp³-hybridized carbons (Fsp3) is 0.444. The summed E-state index contributed by atoms with van der Waals surface area (Å²) in [5.74, 6) is -1.02. The normalized spacial score (nSPS) is 22.8. The minimum absolute atomic E-state index is 0.0686. The number of nitrogens with one attached hydrogen (secondary N) is 1. The van der Waals surface area contributed by atoms with Crippen molar-refractivity contribution in [1.29, 1.82) is 0 Å². The molecule has 29 heavy (non-hydrogen) atoms. The first-order chi connectivity index (χ1) is 13.5. The number of hydrogen-bond donors (Lipinski definition) is 1. The molecule has 2 aromatic rings. The van der Waals surface area contributed by atoms with Crippen molar-refractivity contribution >= 4 is 42.6 Å². The maximum Gasteiger partial charge on any atom is 0.193 e. The second kappa shape index (κ2) is 8.60. The van der Waals surface area contributed by atoms with Gasteiger partial charge in [-0.1, -0.05) is 23.7 Å². The maximum atomic E-state index is 13.2. The van der Waals surface area contributed by atoms with Gasteiger partial charge in [0.2, 0.25) is 0 Å². The van der Waals surface area contributed by atoms with E-state index < -0.39 is 36.7 Å². The summed E-state index contributed by atoms with van der Waals surface area (Å²) in [6, 6.07) is 8.02. The van der Waals surface area contributed by atoms with Crippen LogP contribution in [-0.2, 0) is 19.7 Å². The van der Waals surface area contributed by atoms with Crippen LogP contribution in [0.2, 0.25) is 4.34 Å². The van der Waals surface area contributed by atoms with Crippen LogP contribution in [0.3, 0.4) is 0 Å². The highest BCUT2D eigenvalue weighted by atomic mass is 35.5. The molecule has 0 amide bonds. The number of likely N-dealkylation sites (N-methyl/N-ethyl adjacent to an activating group) is 1. The van der Waals surface area contributed by atoms with Crippen LogP contribution < -0.4 is 5.32 Å². The Morgan fingerprint density at radius 2 is 1.86 bits per heavy atom.